The van der Waals surface area contributed by atoms with Crippen LogP contribution >= 0.6 is 0 Å². The summed E-state index contributed by atoms with van der Waals surface area (Å²) in [5, 5.41) is 6.47. The molecule has 0 amide bonds. The molecule has 20 heavy (non-hydrogen) atoms. The second-order valence-corrected chi connectivity index (χ2v) is 6.70. The summed E-state index contributed by atoms with van der Waals surface area (Å²) in [4.78, 5) is 0. The molecular formula is C19H23N. The second-order valence-electron chi connectivity index (χ2n) is 6.70. The molecule has 4 rings (SSSR count). The fourth-order valence-corrected chi connectivity index (χ4v) is 4.47. The normalized spacial score (nSPS) is 28.3. The van der Waals surface area contributed by atoms with Crippen molar-refractivity contribution in [1.82, 2.24) is 5.32 Å². The maximum atomic E-state index is 3.72. The molecule has 2 aromatic carbocycles. The van der Waals surface area contributed by atoms with Gasteiger partial charge in [-0.1, -0.05) is 48.9 Å². The Kier molecular flexibility index (Phi) is 3.23. The third-order valence-electron chi connectivity index (χ3n) is 5.49. The fourth-order valence-electron chi connectivity index (χ4n) is 4.47. The molecule has 0 spiro atoms. The number of fused-ring (bicyclic) bond motifs is 3. The van der Waals surface area contributed by atoms with E-state index in [4.69, 9.17) is 0 Å². The van der Waals surface area contributed by atoms with Gasteiger partial charge in [0, 0.05) is 6.54 Å². The molecule has 2 aliphatic carbocycles. The molecule has 2 saturated carbocycles. The summed E-state index contributed by atoms with van der Waals surface area (Å²) in [6.45, 7) is 2.22. The van der Waals surface area contributed by atoms with Gasteiger partial charge in [0.05, 0.1) is 0 Å². The minimum absolute atomic E-state index is 0.948. The van der Waals surface area contributed by atoms with Crippen molar-refractivity contribution >= 4 is 10.8 Å². The van der Waals surface area contributed by atoms with Crippen LogP contribution in [0.5, 0.6) is 0 Å². The average Bonchev–Trinajstić information content (AvgIpc) is 3.10. The highest BCUT2D eigenvalue weighted by Crippen LogP contribution is 2.47. The summed E-state index contributed by atoms with van der Waals surface area (Å²) in [6.07, 6.45) is 5.99. The van der Waals surface area contributed by atoms with Crippen molar-refractivity contribution in [2.45, 2.75) is 32.2 Å². The number of benzene rings is 2. The first kappa shape index (κ1) is 12.4. The van der Waals surface area contributed by atoms with Gasteiger partial charge in [-0.2, -0.15) is 0 Å². The summed E-state index contributed by atoms with van der Waals surface area (Å²) >= 11 is 0. The van der Waals surface area contributed by atoms with Crippen LogP contribution in [0.2, 0.25) is 0 Å². The highest BCUT2D eigenvalue weighted by atomic mass is 14.9. The standard InChI is InChI=1S/C19H23N/c1-2-7-19-15(4-1)5-3-6-17(19)12-20-13-18-11-14-8-9-16(18)10-14/h1-7,14,16,18,20H,8-13H2. The SMILES string of the molecule is c1ccc2c(CNCC3CC4CCC3C4)cccc2c1. The maximum absolute atomic E-state index is 3.72. The Morgan fingerprint density at radius 2 is 1.85 bits per heavy atom. The van der Waals surface area contributed by atoms with Crippen LogP contribution in [-0.2, 0) is 6.54 Å². The van der Waals surface area contributed by atoms with Gasteiger partial charge in [0.2, 0.25) is 0 Å². The topological polar surface area (TPSA) is 12.0 Å². The average molecular weight is 265 g/mol. The van der Waals surface area contributed by atoms with Gasteiger partial charge in [-0.15, -0.1) is 0 Å². The zero-order chi connectivity index (χ0) is 13.4. The van der Waals surface area contributed by atoms with Crippen molar-refractivity contribution < 1.29 is 0 Å². The van der Waals surface area contributed by atoms with Crippen LogP contribution in [0.4, 0.5) is 0 Å². The van der Waals surface area contributed by atoms with Crippen molar-refractivity contribution in [2.24, 2.45) is 17.8 Å². The van der Waals surface area contributed by atoms with Crippen molar-refractivity contribution in [3.63, 3.8) is 0 Å². The lowest BCUT2D eigenvalue weighted by atomic mass is 9.89. The zero-order valence-electron chi connectivity index (χ0n) is 12.0. The van der Waals surface area contributed by atoms with Gasteiger partial charge in [-0.3, -0.25) is 0 Å². The molecule has 1 N–H and O–H groups in total. The Bertz CT molecular complexity index is 598. The molecule has 0 aliphatic heterocycles. The number of hydrogen-bond acceptors (Lipinski definition) is 1. The van der Waals surface area contributed by atoms with Gasteiger partial charge in [-0.25, -0.2) is 0 Å². The molecule has 3 atom stereocenters. The van der Waals surface area contributed by atoms with E-state index in [0.29, 0.717) is 0 Å². The van der Waals surface area contributed by atoms with Gasteiger partial charge in [0.25, 0.3) is 0 Å². The van der Waals surface area contributed by atoms with E-state index in [-0.39, 0.29) is 0 Å². The third-order valence-corrected chi connectivity index (χ3v) is 5.49. The van der Waals surface area contributed by atoms with Gasteiger partial charge >= 0.3 is 0 Å². The number of hydrogen-bond donors (Lipinski definition) is 1. The third kappa shape index (κ3) is 2.25. The van der Waals surface area contributed by atoms with Crippen LogP contribution < -0.4 is 5.32 Å². The van der Waals surface area contributed by atoms with E-state index < -0.39 is 0 Å². The molecule has 1 nitrogen and oxygen atoms in total. The molecule has 0 radical (unpaired) electrons. The first-order chi connectivity index (χ1) is 9.90. The molecule has 2 aliphatic rings. The first-order valence-corrected chi connectivity index (χ1v) is 8.07. The van der Waals surface area contributed by atoms with Crippen LogP contribution in [-0.4, -0.2) is 6.54 Å². The lowest BCUT2D eigenvalue weighted by Crippen LogP contribution is -2.26. The molecule has 2 aromatic rings. The van der Waals surface area contributed by atoms with Crippen LogP contribution in [0.15, 0.2) is 42.5 Å². The predicted molar refractivity (Wildman–Crippen MR) is 84.6 cm³/mol. The monoisotopic (exact) mass is 265 g/mol. The van der Waals surface area contributed by atoms with E-state index in [1.165, 1.54) is 48.6 Å². The summed E-state index contributed by atoms with van der Waals surface area (Å²) in [6, 6.07) is 15.3. The Morgan fingerprint density at radius 3 is 2.70 bits per heavy atom. The van der Waals surface area contributed by atoms with Gasteiger partial charge in [0.15, 0.2) is 0 Å². The number of nitrogens with one attached hydrogen (secondary N) is 1. The molecule has 2 bridgehead atoms. The maximum Gasteiger partial charge on any atom is 0.0211 e. The summed E-state index contributed by atoms with van der Waals surface area (Å²) in [7, 11) is 0. The summed E-state index contributed by atoms with van der Waals surface area (Å²) < 4.78 is 0. The van der Waals surface area contributed by atoms with Crippen molar-refractivity contribution in [3.8, 4) is 0 Å². The second kappa shape index (κ2) is 5.21. The molecule has 2 fully saturated rings. The quantitative estimate of drug-likeness (QED) is 0.865. The van der Waals surface area contributed by atoms with Gasteiger partial charge < -0.3 is 5.32 Å². The van der Waals surface area contributed by atoms with Crippen LogP contribution in [0.3, 0.4) is 0 Å². The predicted octanol–water partition coefficient (Wildman–Crippen LogP) is 4.37. The Labute approximate surface area is 121 Å². The van der Waals surface area contributed by atoms with E-state index in [9.17, 15) is 0 Å². The molecule has 0 aromatic heterocycles. The van der Waals surface area contributed by atoms with Gasteiger partial charge in [0.1, 0.15) is 0 Å². The van der Waals surface area contributed by atoms with Gasteiger partial charge in [-0.05, 0) is 59.9 Å². The van der Waals surface area contributed by atoms with Crippen molar-refractivity contribution in [1.29, 1.82) is 0 Å². The van der Waals surface area contributed by atoms with E-state index in [1.807, 2.05) is 0 Å². The highest BCUT2D eigenvalue weighted by Gasteiger charge is 2.38. The first-order valence-electron chi connectivity index (χ1n) is 8.07. The van der Waals surface area contributed by atoms with Crippen LogP contribution in [0.25, 0.3) is 10.8 Å². The Morgan fingerprint density at radius 1 is 0.950 bits per heavy atom. The lowest BCUT2D eigenvalue weighted by molar-refractivity contribution is 0.318. The minimum atomic E-state index is 0.948. The van der Waals surface area contributed by atoms with E-state index in [2.05, 4.69) is 47.8 Å². The molecule has 1 heteroatoms. The molecular weight excluding hydrogens is 242 g/mol. The zero-order valence-corrected chi connectivity index (χ0v) is 12.0. The fraction of sp³-hybridized carbons (Fsp3) is 0.474. The van der Waals surface area contributed by atoms with Crippen molar-refractivity contribution in [3.05, 3.63) is 48.0 Å². The van der Waals surface area contributed by atoms with Crippen molar-refractivity contribution in [2.75, 3.05) is 6.54 Å². The summed E-state index contributed by atoms with van der Waals surface area (Å²) in [5.41, 5.74) is 1.44. The Balaban J connectivity index is 1.41. The van der Waals surface area contributed by atoms with E-state index in [0.717, 1.165) is 24.3 Å². The minimum Gasteiger partial charge on any atom is -0.312 e. The molecule has 104 valence electrons. The smallest absolute Gasteiger partial charge is 0.0211 e. The molecule has 0 saturated heterocycles. The molecule has 0 heterocycles. The Hall–Kier alpha value is -1.34. The summed E-state index contributed by atoms with van der Waals surface area (Å²) in [5.74, 6) is 3.04. The van der Waals surface area contributed by atoms with E-state index in [1.54, 1.807) is 0 Å². The van der Waals surface area contributed by atoms with Crippen LogP contribution in [0.1, 0.15) is 31.2 Å². The lowest BCUT2D eigenvalue weighted by Gasteiger charge is -2.22. The molecule has 3 unspecified atom stereocenters. The largest absolute Gasteiger partial charge is 0.312 e. The van der Waals surface area contributed by atoms with E-state index >= 15 is 0 Å². The van der Waals surface area contributed by atoms with Crippen LogP contribution in [0, 0.1) is 17.8 Å². The highest BCUT2D eigenvalue weighted by molar-refractivity contribution is 5.85. The number of rotatable bonds is 4.